The van der Waals surface area contributed by atoms with E-state index < -0.39 is 24.5 Å². The first-order chi connectivity index (χ1) is 12.7. The number of hydrogen-bond acceptors (Lipinski definition) is 5. The van der Waals surface area contributed by atoms with Crippen LogP contribution in [0.1, 0.15) is 44.6 Å². The maximum atomic E-state index is 12.4. The van der Waals surface area contributed by atoms with Crippen LogP contribution in [0.4, 0.5) is 5.69 Å². The van der Waals surface area contributed by atoms with Crippen LogP contribution in [0.3, 0.4) is 0 Å². The lowest BCUT2D eigenvalue weighted by molar-refractivity contribution is -0.119. The van der Waals surface area contributed by atoms with Crippen LogP contribution >= 0.6 is 15.9 Å². The van der Waals surface area contributed by atoms with Crippen molar-refractivity contribution >= 4 is 39.5 Å². The number of nitrogens with one attached hydrogen (secondary N) is 2. The topological polar surface area (TPSA) is 97.5 Å². The number of aromatic amines is 1. The Bertz CT molecular complexity index is 888. The average Bonchev–Trinajstić information content (AvgIpc) is 2.90. The van der Waals surface area contributed by atoms with E-state index in [0.717, 1.165) is 10.0 Å². The lowest BCUT2D eigenvalue weighted by Gasteiger charge is -2.09. The SMILES string of the molecule is CCOC(=O)c1[nH]c(C)c(C(=O)OCC(=O)Nc2ccc(C)cc2Br)c1C. The molecule has 0 unspecified atom stereocenters. The van der Waals surface area contributed by atoms with Crippen LogP contribution in [-0.4, -0.2) is 36.0 Å². The van der Waals surface area contributed by atoms with Crippen molar-refractivity contribution in [3.8, 4) is 0 Å². The number of rotatable bonds is 6. The van der Waals surface area contributed by atoms with E-state index in [1.54, 1.807) is 26.8 Å². The molecule has 27 heavy (non-hydrogen) atoms. The van der Waals surface area contributed by atoms with Crippen molar-refractivity contribution in [2.45, 2.75) is 27.7 Å². The molecule has 2 aromatic rings. The fourth-order valence-electron chi connectivity index (χ4n) is 2.57. The molecule has 1 aromatic heterocycles. The molecule has 1 aromatic carbocycles. The summed E-state index contributed by atoms with van der Waals surface area (Å²) in [5.41, 5.74) is 2.96. The zero-order chi connectivity index (χ0) is 20.1. The van der Waals surface area contributed by atoms with Crippen molar-refractivity contribution in [3.05, 3.63) is 50.8 Å². The van der Waals surface area contributed by atoms with Crippen LogP contribution in [0.25, 0.3) is 0 Å². The molecule has 1 amide bonds. The van der Waals surface area contributed by atoms with Gasteiger partial charge in [0, 0.05) is 10.2 Å². The Kier molecular flexibility index (Phi) is 6.79. The molecule has 0 saturated carbocycles. The number of ether oxygens (including phenoxy) is 2. The highest BCUT2D eigenvalue weighted by molar-refractivity contribution is 9.10. The lowest BCUT2D eigenvalue weighted by atomic mass is 10.1. The molecule has 2 N–H and O–H groups in total. The molecule has 0 saturated heterocycles. The second-order valence-corrected chi connectivity index (χ2v) is 6.81. The zero-order valence-electron chi connectivity index (χ0n) is 15.6. The molecule has 7 nitrogen and oxygen atoms in total. The Morgan fingerprint density at radius 3 is 2.44 bits per heavy atom. The molecule has 0 spiro atoms. The number of hydrogen-bond donors (Lipinski definition) is 2. The quantitative estimate of drug-likeness (QED) is 0.673. The largest absolute Gasteiger partial charge is 0.461 e. The van der Waals surface area contributed by atoms with Gasteiger partial charge in [0.15, 0.2) is 6.61 Å². The number of benzene rings is 1. The number of H-pyrrole nitrogens is 1. The molecule has 8 heteroatoms. The minimum atomic E-state index is -0.685. The molecule has 144 valence electrons. The predicted octanol–water partition coefficient (Wildman–Crippen LogP) is 3.67. The summed E-state index contributed by atoms with van der Waals surface area (Å²) in [7, 11) is 0. The predicted molar refractivity (Wildman–Crippen MR) is 104 cm³/mol. The summed E-state index contributed by atoms with van der Waals surface area (Å²) < 4.78 is 10.8. The molecule has 0 aliphatic heterocycles. The number of carbonyl (C=O) groups excluding carboxylic acids is 3. The first kappa shape index (κ1) is 20.7. The zero-order valence-corrected chi connectivity index (χ0v) is 17.2. The number of aryl methyl sites for hydroxylation is 2. The van der Waals surface area contributed by atoms with E-state index in [1.807, 2.05) is 19.1 Å². The molecule has 0 radical (unpaired) electrons. The van der Waals surface area contributed by atoms with Gasteiger partial charge in [0.1, 0.15) is 5.69 Å². The second kappa shape index (κ2) is 8.85. The fraction of sp³-hybridized carbons (Fsp3) is 0.316. The van der Waals surface area contributed by atoms with Crippen LogP contribution in [0, 0.1) is 20.8 Å². The van der Waals surface area contributed by atoms with Gasteiger partial charge in [0.2, 0.25) is 0 Å². The van der Waals surface area contributed by atoms with Gasteiger partial charge in [0.25, 0.3) is 5.91 Å². The molecule has 0 aliphatic carbocycles. The summed E-state index contributed by atoms with van der Waals surface area (Å²) in [5.74, 6) is -1.70. The highest BCUT2D eigenvalue weighted by Crippen LogP contribution is 2.23. The van der Waals surface area contributed by atoms with Crippen molar-refractivity contribution in [1.29, 1.82) is 0 Å². The number of amides is 1. The summed E-state index contributed by atoms with van der Waals surface area (Å²) >= 11 is 3.37. The van der Waals surface area contributed by atoms with Gasteiger partial charge in [-0.3, -0.25) is 4.79 Å². The molecule has 0 fully saturated rings. The number of anilines is 1. The Morgan fingerprint density at radius 2 is 1.81 bits per heavy atom. The lowest BCUT2D eigenvalue weighted by Crippen LogP contribution is -2.21. The van der Waals surface area contributed by atoms with Gasteiger partial charge < -0.3 is 19.8 Å². The van der Waals surface area contributed by atoms with E-state index >= 15 is 0 Å². The van der Waals surface area contributed by atoms with E-state index in [4.69, 9.17) is 9.47 Å². The third-order valence-corrected chi connectivity index (χ3v) is 4.51. The van der Waals surface area contributed by atoms with Gasteiger partial charge in [-0.2, -0.15) is 0 Å². The fourth-order valence-corrected chi connectivity index (χ4v) is 3.17. The maximum absolute atomic E-state index is 12.4. The Labute approximate surface area is 165 Å². The van der Waals surface area contributed by atoms with Crippen LogP contribution in [0.15, 0.2) is 22.7 Å². The van der Waals surface area contributed by atoms with Crippen LogP contribution in [0.2, 0.25) is 0 Å². The van der Waals surface area contributed by atoms with E-state index in [1.165, 1.54) is 0 Å². The highest BCUT2D eigenvalue weighted by Gasteiger charge is 2.24. The van der Waals surface area contributed by atoms with Crippen molar-refractivity contribution in [2.24, 2.45) is 0 Å². The number of carbonyl (C=O) groups is 3. The summed E-state index contributed by atoms with van der Waals surface area (Å²) in [6, 6.07) is 5.48. The Hall–Kier alpha value is -2.61. The minimum absolute atomic E-state index is 0.203. The molecule has 1 heterocycles. The summed E-state index contributed by atoms with van der Waals surface area (Å²) in [4.78, 5) is 39.2. The Morgan fingerprint density at radius 1 is 1.11 bits per heavy atom. The summed E-state index contributed by atoms with van der Waals surface area (Å²) in [6.07, 6.45) is 0. The van der Waals surface area contributed by atoms with Crippen molar-refractivity contribution in [1.82, 2.24) is 4.98 Å². The average molecular weight is 437 g/mol. The monoisotopic (exact) mass is 436 g/mol. The van der Waals surface area contributed by atoms with Gasteiger partial charge >= 0.3 is 11.9 Å². The van der Waals surface area contributed by atoms with Gasteiger partial charge in [-0.1, -0.05) is 6.07 Å². The maximum Gasteiger partial charge on any atom is 0.355 e. The number of esters is 2. The van der Waals surface area contributed by atoms with Crippen LogP contribution in [0.5, 0.6) is 0 Å². The van der Waals surface area contributed by atoms with Gasteiger partial charge in [-0.25, -0.2) is 9.59 Å². The van der Waals surface area contributed by atoms with E-state index in [2.05, 4.69) is 26.2 Å². The normalized spacial score (nSPS) is 10.4. The van der Waals surface area contributed by atoms with Crippen molar-refractivity contribution < 1.29 is 23.9 Å². The third-order valence-electron chi connectivity index (χ3n) is 3.85. The summed E-state index contributed by atoms with van der Waals surface area (Å²) in [5, 5.41) is 2.67. The smallest absolute Gasteiger partial charge is 0.355 e. The van der Waals surface area contributed by atoms with Crippen molar-refractivity contribution in [2.75, 3.05) is 18.5 Å². The molecular formula is C19H21BrN2O5. The van der Waals surface area contributed by atoms with Crippen LogP contribution < -0.4 is 5.32 Å². The molecule has 2 rings (SSSR count). The van der Waals surface area contributed by atoms with Gasteiger partial charge in [0.05, 0.1) is 17.9 Å². The van der Waals surface area contributed by atoms with E-state index in [-0.39, 0.29) is 17.9 Å². The van der Waals surface area contributed by atoms with E-state index in [0.29, 0.717) is 16.9 Å². The van der Waals surface area contributed by atoms with Crippen molar-refractivity contribution in [3.63, 3.8) is 0 Å². The molecule has 0 bridgehead atoms. The number of aromatic nitrogens is 1. The minimum Gasteiger partial charge on any atom is -0.461 e. The van der Waals surface area contributed by atoms with Gasteiger partial charge in [-0.15, -0.1) is 0 Å². The third kappa shape index (κ3) is 4.97. The van der Waals surface area contributed by atoms with Gasteiger partial charge in [-0.05, 0) is 66.9 Å². The van der Waals surface area contributed by atoms with Crippen LogP contribution in [-0.2, 0) is 14.3 Å². The first-order valence-electron chi connectivity index (χ1n) is 8.34. The summed E-state index contributed by atoms with van der Waals surface area (Å²) in [6.45, 7) is 6.68. The molecular weight excluding hydrogens is 416 g/mol. The first-order valence-corrected chi connectivity index (χ1v) is 9.13. The molecule has 0 atom stereocenters. The second-order valence-electron chi connectivity index (χ2n) is 5.95. The number of halogens is 1. The molecule has 0 aliphatic rings. The Balaban J connectivity index is 2.03. The standard InChI is InChI=1S/C19H21BrN2O5/c1-5-26-19(25)17-11(3)16(12(4)21-17)18(24)27-9-15(23)22-14-7-6-10(2)8-13(14)20/h6-8,21H,5,9H2,1-4H3,(H,22,23). The van der Waals surface area contributed by atoms with E-state index in [9.17, 15) is 14.4 Å². The highest BCUT2D eigenvalue weighted by atomic mass is 79.9.